The van der Waals surface area contributed by atoms with Gasteiger partial charge in [-0.05, 0) is 24.6 Å². The second kappa shape index (κ2) is 8.57. The molecule has 1 rings (SSSR count). The molecular weight excluding hydrogens is 276 g/mol. The van der Waals surface area contributed by atoms with Gasteiger partial charge < -0.3 is 20.5 Å². The normalized spacial score (nSPS) is 9.76. The SMILES string of the molecule is CCCOc1cccc(C(=O)NCC(=O)NCC(=O)O)c1. The van der Waals surface area contributed by atoms with E-state index in [4.69, 9.17) is 9.84 Å². The molecular formula is C14H18N2O5. The summed E-state index contributed by atoms with van der Waals surface area (Å²) in [6.07, 6.45) is 0.861. The Kier molecular flexibility index (Phi) is 6.73. The topological polar surface area (TPSA) is 105 Å². The molecule has 0 aromatic heterocycles. The zero-order chi connectivity index (χ0) is 15.7. The standard InChI is InChI=1S/C14H18N2O5/c1-2-6-21-11-5-3-4-10(7-11)14(20)16-8-12(17)15-9-13(18)19/h3-5,7H,2,6,8-9H2,1H3,(H,15,17)(H,16,20)(H,18,19). The molecule has 0 bridgehead atoms. The number of carboxylic acids is 1. The van der Waals surface area contributed by atoms with Crippen LogP contribution in [-0.2, 0) is 9.59 Å². The predicted octanol–water partition coefficient (Wildman–Crippen LogP) is 0.406. The summed E-state index contributed by atoms with van der Waals surface area (Å²) in [5, 5.41) is 13.0. The molecule has 2 amide bonds. The molecule has 1 aromatic carbocycles. The molecule has 7 nitrogen and oxygen atoms in total. The predicted molar refractivity (Wildman–Crippen MR) is 75.2 cm³/mol. The van der Waals surface area contributed by atoms with E-state index in [0.29, 0.717) is 17.9 Å². The van der Waals surface area contributed by atoms with E-state index in [2.05, 4.69) is 10.6 Å². The fourth-order valence-electron chi connectivity index (χ4n) is 1.45. The zero-order valence-corrected chi connectivity index (χ0v) is 11.7. The average Bonchev–Trinajstić information content (AvgIpc) is 2.48. The number of carboxylic acid groups (broad SMARTS) is 1. The third-order valence-corrected chi connectivity index (χ3v) is 2.42. The maximum atomic E-state index is 11.9. The van der Waals surface area contributed by atoms with Crippen molar-refractivity contribution in [1.82, 2.24) is 10.6 Å². The van der Waals surface area contributed by atoms with E-state index in [9.17, 15) is 14.4 Å². The van der Waals surface area contributed by atoms with Crippen LogP contribution in [0.4, 0.5) is 0 Å². The van der Waals surface area contributed by atoms with Gasteiger partial charge in [-0.15, -0.1) is 0 Å². The van der Waals surface area contributed by atoms with Crippen molar-refractivity contribution in [3.63, 3.8) is 0 Å². The second-order valence-corrected chi connectivity index (χ2v) is 4.23. The fraction of sp³-hybridized carbons (Fsp3) is 0.357. The van der Waals surface area contributed by atoms with Crippen LogP contribution in [0.25, 0.3) is 0 Å². The highest BCUT2D eigenvalue weighted by Crippen LogP contribution is 2.13. The minimum Gasteiger partial charge on any atom is -0.494 e. The number of benzene rings is 1. The first kappa shape index (κ1) is 16.5. The Morgan fingerprint density at radius 2 is 1.95 bits per heavy atom. The van der Waals surface area contributed by atoms with Crippen molar-refractivity contribution in [2.24, 2.45) is 0 Å². The number of hydrogen-bond acceptors (Lipinski definition) is 4. The van der Waals surface area contributed by atoms with E-state index in [1.165, 1.54) is 0 Å². The van der Waals surface area contributed by atoms with Gasteiger partial charge in [0.05, 0.1) is 13.2 Å². The van der Waals surface area contributed by atoms with E-state index in [0.717, 1.165) is 6.42 Å². The van der Waals surface area contributed by atoms with Crippen LogP contribution in [0.15, 0.2) is 24.3 Å². The monoisotopic (exact) mass is 294 g/mol. The molecule has 0 fully saturated rings. The van der Waals surface area contributed by atoms with Crippen LogP contribution in [0.1, 0.15) is 23.7 Å². The molecule has 114 valence electrons. The molecule has 0 aliphatic rings. The molecule has 3 N–H and O–H groups in total. The number of carbonyl (C=O) groups is 3. The minimum atomic E-state index is -1.14. The summed E-state index contributed by atoms with van der Waals surface area (Å²) in [4.78, 5) is 33.4. The van der Waals surface area contributed by atoms with E-state index in [1.54, 1.807) is 24.3 Å². The van der Waals surface area contributed by atoms with Crippen molar-refractivity contribution in [3.8, 4) is 5.75 Å². The number of carbonyl (C=O) groups excluding carboxylic acids is 2. The van der Waals surface area contributed by atoms with Gasteiger partial charge in [0.2, 0.25) is 5.91 Å². The summed E-state index contributed by atoms with van der Waals surface area (Å²) >= 11 is 0. The van der Waals surface area contributed by atoms with Gasteiger partial charge in [-0.3, -0.25) is 14.4 Å². The second-order valence-electron chi connectivity index (χ2n) is 4.23. The molecule has 0 saturated heterocycles. The maximum absolute atomic E-state index is 11.9. The van der Waals surface area contributed by atoms with Crippen molar-refractivity contribution in [1.29, 1.82) is 0 Å². The maximum Gasteiger partial charge on any atom is 0.322 e. The Morgan fingerprint density at radius 1 is 1.19 bits per heavy atom. The molecule has 0 spiro atoms. The number of amides is 2. The molecule has 21 heavy (non-hydrogen) atoms. The Hall–Kier alpha value is -2.57. The highest BCUT2D eigenvalue weighted by atomic mass is 16.5. The first-order valence-electron chi connectivity index (χ1n) is 6.52. The molecule has 0 heterocycles. The summed E-state index contributed by atoms with van der Waals surface area (Å²) < 4.78 is 5.41. The number of aliphatic carboxylic acids is 1. The largest absolute Gasteiger partial charge is 0.494 e. The third kappa shape index (κ3) is 6.42. The molecule has 0 radical (unpaired) electrons. The van der Waals surface area contributed by atoms with Gasteiger partial charge in [0.25, 0.3) is 5.91 Å². The summed E-state index contributed by atoms with van der Waals surface area (Å²) in [6, 6.07) is 6.61. The molecule has 0 unspecified atom stereocenters. The van der Waals surface area contributed by atoms with Gasteiger partial charge in [0.1, 0.15) is 12.3 Å². The summed E-state index contributed by atoms with van der Waals surface area (Å²) in [5.41, 5.74) is 0.370. The lowest BCUT2D eigenvalue weighted by molar-refractivity contribution is -0.137. The van der Waals surface area contributed by atoms with Crippen LogP contribution in [0.5, 0.6) is 5.75 Å². The van der Waals surface area contributed by atoms with Crippen molar-refractivity contribution in [2.45, 2.75) is 13.3 Å². The quantitative estimate of drug-likeness (QED) is 0.644. The Labute approximate surface area is 122 Å². The van der Waals surface area contributed by atoms with Crippen LogP contribution >= 0.6 is 0 Å². The summed E-state index contributed by atoms with van der Waals surface area (Å²) in [5.74, 6) is -1.55. The van der Waals surface area contributed by atoms with Crippen LogP contribution in [0.2, 0.25) is 0 Å². The van der Waals surface area contributed by atoms with Gasteiger partial charge in [-0.25, -0.2) is 0 Å². The van der Waals surface area contributed by atoms with Gasteiger partial charge in [-0.1, -0.05) is 13.0 Å². The number of ether oxygens (including phenoxy) is 1. The van der Waals surface area contributed by atoms with Crippen molar-refractivity contribution >= 4 is 17.8 Å². The van der Waals surface area contributed by atoms with Crippen LogP contribution < -0.4 is 15.4 Å². The molecule has 1 aromatic rings. The van der Waals surface area contributed by atoms with Crippen LogP contribution in [0.3, 0.4) is 0 Å². The summed E-state index contributed by atoms with van der Waals surface area (Å²) in [6.45, 7) is 1.77. The Morgan fingerprint density at radius 3 is 2.62 bits per heavy atom. The molecule has 7 heteroatoms. The Balaban J connectivity index is 2.48. The van der Waals surface area contributed by atoms with Crippen LogP contribution in [0, 0.1) is 0 Å². The lowest BCUT2D eigenvalue weighted by Gasteiger charge is -2.08. The van der Waals surface area contributed by atoms with Gasteiger partial charge in [0, 0.05) is 5.56 Å². The van der Waals surface area contributed by atoms with Gasteiger partial charge in [-0.2, -0.15) is 0 Å². The number of nitrogens with one attached hydrogen (secondary N) is 2. The number of rotatable bonds is 8. The smallest absolute Gasteiger partial charge is 0.322 e. The number of hydrogen-bond donors (Lipinski definition) is 3. The lowest BCUT2D eigenvalue weighted by atomic mass is 10.2. The van der Waals surface area contributed by atoms with Crippen molar-refractivity contribution in [3.05, 3.63) is 29.8 Å². The molecule has 0 atom stereocenters. The molecule has 0 saturated carbocycles. The highest BCUT2D eigenvalue weighted by molar-refractivity contribution is 5.97. The molecule has 0 aliphatic carbocycles. The van der Waals surface area contributed by atoms with E-state index in [1.807, 2.05) is 6.92 Å². The highest BCUT2D eigenvalue weighted by Gasteiger charge is 2.09. The van der Waals surface area contributed by atoms with E-state index < -0.39 is 24.3 Å². The van der Waals surface area contributed by atoms with E-state index in [-0.39, 0.29) is 6.54 Å². The van der Waals surface area contributed by atoms with Crippen molar-refractivity contribution in [2.75, 3.05) is 19.7 Å². The first-order chi connectivity index (χ1) is 10.0. The van der Waals surface area contributed by atoms with E-state index >= 15 is 0 Å². The minimum absolute atomic E-state index is 0.286. The summed E-state index contributed by atoms with van der Waals surface area (Å²) in [7, 11) is 0. The third-order valence-electron chi connectivity index (χ3n) is 2.42. The van der Waals surface area contributed by atoms with Gasteiger partial charge >= 0.3 is 5.97 Å². The fourth-order valence-corrected chi connectivity index (χ4v) is 1.45. The van der Waals surface area contributed by atoms with Crippen LogP contribution in [-0.4, -0.2) is 42.6 Å². The first-order valence-corrected chi connectivity index (χ1v) is 6.52. The van der Waals surface area contributed by atoms with Crippen molar-refractivity contribution < 1.29 is 24.2 Å². The average molecular weight is 294 g/mol. The van der Waals surface area contributed by atoms with Gasteiger partial charge in [0.15, 0.2) is 0 Å². The lowest BCUT2D eigenvalue weighted by Crippen LogP contribution is -2.39. The Bertz CT molecular complexity index is 516. The zero-order valence-electron chi connectivity index (χ0n) is 11.7. The molecule has 0 aliphatic heterocycles.